The maximum atomic E-state index is 12.1. The summed E-state index contributed by atoms with van der Waals surface area (Å²) in [7, 11) is 0. The van der Waals surface area contributed by atoms with Crippen LogP contribution in [0.25, 0.3) is 10.6 Å². The standard InChI is InChI=1S/C17H13N3O3S/c21-15(22)9-14-10-24-17(20-14)12-1-3-13(4-2-12)19-16(23)11-5-7-18-8-6-11/h1-8,10H,9H2,(H,19,23)(H,21,22). The lowest BCUT2D eigenvalue weighted by molar-refractivity contribution is -0.136. The summed E-state index contributed by atoms with van der Waals surface area (Å²) in [6.07, 6.45) is 3.04. The van der Waals surface area contributed by atoms with Crippen molar-refractivity contribution in [3.63, 3.8) is 0 Å². The van der Waals surface area contributed by atoms with E-state index in [-0.39, 0.29) is 12.3 Å². The summed E-state index contributed by atoms with van der Waals surface area (Å²) in [5.41, 5.74) is 2.62. The molecule has 0 spiro atoms. The summed E-state index contributed by atoms with van der Waals surface area (Å²) < 4.78 is 0. The molecule has 0 bridgehead atoms. The predicted octanol–water partition coefficient (Wildman–Crippen LogP) is 3.08. The molecule has 1 aromatic carbocycles. The zero-order valence-corrected chi connectivity index (χ0v) is 13.3. The van der Waals surface area contributed by atoms with Gasteiger partial charge in [-0.1, -0.05) is 0 Å². The lowest BCUT2D eigenvalue weighted by Crippen LogP contribution is -2.11. The number of hydrogen-bond donors (Lipinski definition) is 2. The Kier molecular flexibility index (Phi) is 4.62. The Bertz CT molecular complexity index is 860. The number of nitrogens with zero attached hydrogens (tertiary/aromatic N) is 2. The molecule has 7 heteroatoms. The van der Waals surface area contributed by atoms with Gasteiger partial charge in [0.25, 0.3) is 5.91 Å². The third kappa shape index (κ3) is 3.82. The number of aromatic nitrogens is 2. The van der Waals surface area contributed by atoms with Crippen molar-refractivity contribution >= 4 is 28.9 Å². The molecule has 6 nitrogen and oxygen atoms in total. The van der Waals surface area contributed by atoms with Crippen molar-refractivity contribution in [2.75, 3.05) is 5.32 Å². The smallest absolute Gasteiger partial charge is 0.309 e. The number of carbonyl (C=O) groups excluding carboxylic acids is 1. The van der Waals surface area contributed by atoms with E-state index in [1.807, 2.05) is 12.1 Å². The van der Waals surface area contributed by atoms with Crippen molar-refractivity contribution in [2.45, 2.75) is 6.42 Å². The maximum absolute atomic E-state index is 12.1. The molecule has 24 heavy (non-hydrogen) atoms. The van der Waals surface area contributed by atoms with E-state index in [2.05, 4.69) is 15.3 Å². The molecule has 0 saturated heterocycles. The first-order chi connectivity index (χ1) is 11.6. The van der Waals surface area contributed by atoms with Crippen molar-refractivity contribution < 1.29 is 14.7 Å². The summed E-state index contributed by atoms with van der Waals surface area (Å²) in [4.78, 5) is 30.9. The first-order valence-corrected chi connectivity index (χ1v) is 7.98. The van der Waals surface area contributed by atoms with Gasteiger partial charge in [0.1, 0.15) is 5.01 Å². The number of pyridine rings is 1. The molecule has 120 valence electrons. The number of carbonyl (C=O) groups is 2. The SMILES string of the molecule is O=C(O)Cc1csc(-c2ccc(NC(=O)c3ccncc3)cc2)n1. The number of nitrogens with one attached hydrogen (secondary N) is 1. The Labute approximate surface area is 141 Å². The van der Waals surface area contributed by atoms with Gasteiger partial charge in [-0.05, 0) is 36.4 Å². The highest BCUT2D eigenvalue weighted by molar-refractivity contribution is 7.13. The van der Waals surface area contributed by atoms with Gasteiger partial charge in [-0.3, -0.25) is 14.6 Å². The van der Waals surface area contributed by atoms with Crippen LogP contribution in [0.4, 0.5) is 5.69 Å². The number of carboxylic acids is 1. The van der Waals surface area contributed by atoms with Gasteiger partial charge in [-0.15, -0.1) is 11.3 Å². The van der Waals surface area contributed by atoms with E-state index in [0.29, 0.717) is 16.9 Å². The normalized spacial score (nSPS) is 10.3. The van der Waals surface area contributed by atoms with Crippen LogP contribution in [0.1, 0.15) is 16.1 Å². The predicted molar refractivity (Wildman–Crippen MR) is 91.1 cm³/mol. The van der Waals surface area contributed by atoms with Crippen LogP contribution < -0.4 is 5.32 Å². The number of rotatable bonds is 5. The van der Waals surface area contributed by atoms with Gasteiger partial charge in [-0.2, -0.15) is 0 Å². The van der Waals surface area contributed by atoms with Crippen LogP contribution >= 0.6 is 11.3 Å². The Morgan fingerprint density at radius 1 is 1.08 bits per heavy atom. The molecule has 0 atom stereocenters. The van der Waals surface area contributed by atoms with Gasteiger partial charge >= 0.3 is 5.97 Å². The van der Waals surface area contributed by atoms with Crippen LogP contribution in [0.3, 0.4) is 0 Å². The lowest BCUT2D eigenvalue weighted by atomic mass is 10.2. The number of benzene rings is 1. The van der Waals surface area contributed by atoms with Crippen LogP contribution in [-0.2, 0) is 11.2 Å². The third-order valence-electron chi connectivity index (χ3n) is 3.22. The molecule has 0 unspecified atom stereocenters. The second kappa shape index (κ2) is 7.01. The molecule has 1 amide bonds. The molecule has 2 aromatic heterocycles. The lowest BCUT2D eigenvalue weighted by Gasteiger charge is -2.05. The molecule has 0 aliphatic heterocycles. The molecule has 3 aromatic rings. The first kappa shape index (κ1) is 15.8. The van der Waals surface area contributed by atoms with E-state index in [9.17, 15) is 9.59 Å². The molecule has 0 saturated carbocycles. The molecule has 0 fully saturated rings. The molecule has 0 radical (unpaired) electrons. The molecule has 0 aliphatic carbocycles. The van der Waals surface area contributed by atoms with E-state index < -0.39 is 5.97 Å². The van der Waals surface area contributed by atoms with Gasteiger partial charge in [0.15, 0.2) is 0 Å². The largest absolute Gasteiger partial charge is 0.481 e. The van der Waals surface area contributed by atoms with E-state index in [4.69, 9.17) is 5.11 Å². The minimum absolute atomic E-state index is 0.0867. The Morgan fingerprint density at radius 3 is 2.46 bits per heavy atom. The Hall–Kier alpha value is -3.06. The molecule has 3 rings (SSSR count). The third-order valence-corrected chi connectivity index (χ3v) is 4.16. The molecular formula is C17H13N3O3S. The van der Waals surface area contributed by atoms with Crippen molar-refractivity contribution in [1.29, 1.82) is 0 Å². The molecule has 0 aliphatic rings. The monoisotopic (exact) mass is 339 g/mol. The van der Waals surface area contributed by atoms with Gasteiger partial charge in [-0.25, -0.2) is 4.98 Å². The first-order valence-electron chi connectivity index (χ1n) is 7.10. The second-order valence-corrected chi connectivity index (χ2v) is 5.84. The number of anilines is 1. The highest BCUT2D eigenvalue weighted by Crippen LogP contribution is 2.25. The van der Waals surface area contributed by atoms with Gasteiger partial charge in [0.2, 0.25) is 0 Å². The molecule has 2 N–H and O–H groups in total. The number of hydrogen-bond acceptors (Lipinski definition) is 5. The van der Waals surface area contributed by atoms with Crippen LogP contribution in [-0.4, -0.2) is 27.0 Å². The quantitative estimate of drug-likeness (QED) is 0.745. The number of carboxylic acid groups (broad SMARTS) is 1. The zero-order valence-electron chi connectivity index (χ0n) is 12.5. The van der Waals surface area contributed by atoms with Crippen LogP contribution in [0.2, 0.25) is 0 Å². The average molecular weight is 339 g/mol. The van der Waals surface area contributed by atoms with Crippen LogP contribution in [0.15, 0.2) is 54.2 Å². The van der Waals surface area contributed by atoms with Crippen molar-refractivity contribution in [3.8, 4) is 10.6 Å². The zero-order chi connectivity index (χ0) is 16.9. The minimum Gasteiger partial charge on any atom is -0.481 e. The van der Waals surface area contributed by atoms with E-state index >= 15 is 0 Å². The summed E-state index contributed by atoms with van der Waals surface area (Å²) in [5.74, 6) is -1.11. The highest BCUT2D eigenvalue weighted by Gasteiger charge is 2.09. The van der Waals surface area contributed by atoms with Crippen molar-refractivity contribution in [2.24, 2.45) is 0 Å². The number of thiazole rings is 1. The van der Waals surface area contributed by atoms with E-state index in [1.165, 1.54) is 11.3 Å². The van der Waals surface area contributed by atoms with E-state index in [0.717, 1.165) is 10.6 Å². The fourth-order valence-electron chi connectivity index (χ4n) is 2.08. The second-order valence-electron chi connectivity index (χ2n) is 4.98. The summed E-state index contributed by atoms with van der Waals surface area (Å²) in [6.45, 7) is 0. The Balaban J connectivity index is 1.70. The fourth-order valence-corrected chi connectivity index (χ4v) is 2.90. The Morgan fingerprint density at radius 2 is 1.79 bits per heavy atom. The number of amides is 1. The topological polar surface area (TPSA) is 92.2 Å². The van der Waals surface area contributed by atoms with Gasteiger partial charge < -0.3 is 10.4 Å². The molecule has 2 heterocycles. The number of aliphatic carboxylic acids is 1. The van der Waals surface area contributed by atoms with E-state index in [1.54, 1.807) is 42.0 Å². The highest BCUT2D eigenvalue weighted by atomic mass is 32.1. The van der Waals surface area contributed by atoms with Crippen LogP contribution in [0.5, 0.6) is 0 Å². The summed E-state index contributed by atoms with van der Waals surface area (Å²) in [5, 5.41) is 14.1. The molecular weight excluding hydrogens is 326 g/mol. The summed E-state index contributed by atoms with van der Waals surface area (Å²) >= 11 is 1.39. The average Bonchev–Trinajstić information content (AvgIpc) is 3.04. The fraction of sp³-hybridized carbons (Fsp3) is 0.0588. The minimum atomic E-state index is -0.902. The van der Waals surface area contributed by atoms with Gasteiger partial charge in [0, 0.05) is 34.6 Å². The van der Waals surface area contributed by atoms with Gasteiger partial charge in [0.05, 0.1) is 12.1 Å². The van der Waals surface area contributed by atoms with Crippen molar-refractivity contribution in [3.05, 3.63) is 65.4 Å². The van der Waals surface area contributed by atoms with Crippen LogP contribution in [0, 0.1) is 0 Å². The maximum Gasteiger partial charge on any atom is 0.309 e. The summed E-state index contributed by atoms with van der Waals surface area (Å²) in [6, 6.07) is 10.5. The van der Waals surface area contributed by atoms with Crippen molar-refractivity contribution in [1.82, 2.24) is 9.97 Å².